The molecule has 1 fully saturated rings. The molecule has 1 heterocycles. The average molecular weight is 434 g/mol. The summed E-state index contributed by atoms with van der Waals surface area (Å²) in [5.41, 5.74) is 0.522. The minimum absolute atomic E-state index is 0.139. The van der Waals surface area contributed by atoms with Gasteiger partial charge in [0, 0.05) is 12.2 Å². The van der Waals surface area contributed by atoms with Gasteiger partial charge in [-0.15, -0.1) is 0 Å². The third-order valence-electron chi connectivity index (χ3n) is 5.30. The third-order valence-corrected chi connectivity index (χ3v) is 5.30. The summed E-state index contributed by atoms with van der Waals surface area (Å²) in [6.45, 7) is 1.57. The van der Waals surface area contributed by atoms with Gasteiger partial charge in [-0.2, -0.15) is 13.2 Å². The number of amides is 3. The number of nitrogens with zero attached hydrogens (tertiary/aromatic N) is 1. The number of rotatable bonds is 4. The van der Waals surface area contributed by atoms with Crippen molar-refractivity contribution in [1.82, 2.24) is 10.3 Å². The Morgan fingerprint density at radius 2 is 1.74 bits per heavy atom. The van der Waals surface area contributed by atoms with Crippen LogP contribution in [0.25, 0.3) is 0 Å². The summed E-state index contributed by atoms with van der Waals surface area (Å²) >= 11 is 0. The van der Waals surface area contributed by atoms with Crippen molar-refractivity contribution in [2.75, 3.05) is 11.9 Å². The normalized spacial score (nSPS) is 19.1. The molecule has 1 saturated heterocycles. The van der Waals surface area contributed by atoms with Crippen molar-refractivity contribution in [3.63, 3.8) is 0 Å². The van der Waals surface area contributed by atoms with E-state index in [-0.39, 0.29) is 18.5 Å². The molecule has 3 amide bonds. The summed E-state index contributed by atoms with van der Waals surface area (Å²) < 4.78 is 38.3. The molecule has 1 unspecified atom stereocenters. The Labute approximate surface area is 176 Å². The summed E-state index contributed by atoms with van der Waals surface area (Å²) in [4.78, 5) is 39.2. The lowest BCUT2D eigenvalue weighted by atomic mass is 9.80. The number of carbonyl (C=O) groups is 3. The fourth-order valence-corrected chi connectivity index (χ4v) is 3.48. The zero-order valence-electron chi connectivity index (χ0n) is 16.6. The van der Waals surface area contributed by atoms with Crippen molar-refractivity contribution in [2.24, 2.45) is 11.3 Å². The number of imide groups is 1. The molecular formula is C21H21F3N4O3. The van der Waals surface area contributed by atoms with Crippen LogP contribution in [0.3, 0.4) is 0 Å². The summed E-state index contributed by atoms with van der Waals surface area (Å²) in [5.74, 6) is 3.25. The van der Waals surface area contributed by atoms with E-state index in [2.05, 4.69) is 5.32 Å². The largest absolute Gasteiger partial charge is 0.416 e. The summed E-state index contributed by atoms with van der Waals surface area (Å²) in [6.07, 6.45) is -3.77. The van der Waals surface area contributed by atoms with Crippen molar-refractivity contribution < 1.29 is 27.6 Å². The number of alkyl halides is 3. The van der Waals surface area contributed by atoms with Crippen molar-refractivity contribution >= 4 is 29.1 Å². The highest BCUT2D eigenvalue weighted by molar-refractivity contribution is 6.15. The first-order valence-electron chi connectivity index (χ1n) is 9.48. The van der Waals surface area contributed by atoms with Crippen LogP contribution in [0.15, 0.2) is 48.5 Å². The smallest absolute Gasteiger partial charge is 0.355 e. The minimum Gasteiger partial charge on any atom is -0.355 e. The molecule has 1 aliphatic rings. The van der Waals surface area contributed by atoms with Gasteiger partial charge in [0.05, 0.1) is 16.8 Å². The minimum atomic E-state index is -4.45. The van der Waals surface area contributed by atoms with Gasteiger partial charge in [-0.25, -0.2) is 5.84 Å². The number of hydrogen-bond acceptors (Lipinski definition) is 5. The summed E-state index contributed by atoms with van der Waals surface area (Å²) in [5, 5.41) is 2.92. The lowest BCUT2D eigenvalue weighted by Crippen LogP contribution is -2.57. The van der Waals surface area contributed by atoms with Crippen LogP contribution < -0.4 is 16.6 Å². The van der Waals surface area contributed by atoms with Crippen LogP contribution in [-0.2, 0) is 15.8 Å². The highest BCUT2D eigenvalue weighted by Crippen LogP contribution is 2.34. The van der Waals surface area contributed by atoms with E-state index >= 15 is 0 Å². The molecule has 164 valence electrons. The van der Waals surface area contributed by atoms with Gasteiger partial charge in [0.25, 0.3) is 5.91 Å². The number of hydrogen-bond donors (Lipinski definition) is 3. The number of likely N-dealkylation sites (tertiary alicyclic amines) is 1. The Morgan fingerprint density at radius 3 is 2.35 bits per heavy atom. The lowest BCUT2D eigenvalue weighted by Gasteiger charge is -2.36. The number of anilines is 2. The number of carbonyl (C=O) groups excluding carboxylic acids is 3. The van der Waals surface area contributed by atoms with Gasteiger partial charge in [-0.1, -0.05) is 12.1 Å². The van der Waals surface area contributed by atoms with Gasteiger partial charge in [-0.05, 0) is 56.2 Å². The Bertz CT molecular complexity index is 1010. The molecule has 10 heteroatoms. The molecule has 1 atom stereocenters. The topological polar surface area (TPSA) is 105 Å². The second-order valence-corrected chi connectivity index (χ2v) is 7.42. The molecule has 3 rings (SSSR count). The van der Waals surface area contributed by atoms with Gasteiger partial charge >= 0.3 is 6.18 Å². The highest BCUT2D eigenvalue weighted by atomic mass is 19.4. The fourth-order valence-electron chi connectivity index (χ4n) is 3.48. The Hall–Kier alpha value is -3.40. The number of nitrogens with two attached hydrogens (primary N) is 1. The molecule has 2 aromatic carbocycles. The predicted octanol–water partition coefficient (Wildman–Crippen LogP) is 3.21. The molecular weight excluding hydrogens is 413 g/mol. The van der Waals surface area contributed by atoms with Crippen LogP contribution in [0.5, 0.6) is 0 Å². The quantitative estimate of drug-likeness (QED) is 0.225. The maximum absolute atomic E-state index is 13.2. The molecule has 2 aromatic rings. The summed E-state index contributed by atoms with van der Waals surface area (Å²) in [7, 11) is 0. The number of hydrazine groups is 1. The predicted molar refractivity (Wildman–Crippen MR) is 107 cm³/mol. The monoisotopic (exact) mass is 434 g/mol. The van der Waals surface area contributed by atoms with E-state index in [0.29, 0.717) is 17.8 Å². The van der Waals surface area contributed by atoms with E-state index in [1.54, 1.807) is 18.2 Å². The van der Waals surface area contributed by atoms with Gasteiger partial charge in [-0.3, -0.25) is 24.7 Å². The molecule has 31 heavy (non-hydrogen) atoms. The van der Waals surface area contributed by atoms with Gasteiger partial charge < -0.3 is 5.32 Å². The molecule has 0 spiro atoms. The molecule has 0 bridgehead atoms. The van der Waals surface area contributed by atoms with Crippen molar-refractivity contribution in [1.29, 1.82) is 0 Å². The van der Waals surface area contributed by atoms with Crippen LogP contribution in [0, 0.1) is 5.41 Å². The second-order valence-electron chi connectivity index (χ2n) is 7.42. The Kier molecular flexibility index (Phi) is 6.03. The van der Waals surface area contributed by atoms with Crippen LogP contribution in [0.4, 0.5) is 24.5 Å². The maximum Gasteiger partial charge on any atom is 0.416 e. The number of para-hydroxylation sites is 1. The van der Waals surface area contributed by atoms with E-state index < -0.39 is 34.9 Å². The molecule has 1 aliphatic heterocycles. The average Bonchev–Trinajstić information content (AvgIpc) is 2.75. The third kappa shape index (κ3) is 4.38. The first kappa shape index (κ1) is 22.3. The summed E-state index contributed by atoms with van der Waals surface area (Å²) in [6, 6.07) is 10.7. The van der Waals surface area contributed by atoms with Gasteiger partial charge in [0.15, 0.2) is 0 Å². The van der Waals surface area contributed by atoms with Crippen LogP contribution in [0.2, 0.25) is 0 Å². The van der Waals surface area contributed by atoms with Crippen LogP contribution in [0.1, 0.15) is 35.7 Å². The number of nitrogens with one attached hydrogen (secondary N) is 2. The van der Waals surface area contributed by atoms with E-state index in [1.165, 1.54) is 25.1 Å². The molecule has 7 nitrogen and oxygen atoms in total. The number of benzene rings is 2. The number of piperidine rings is 1. The Balaban J connectivity index is 1.87. The van der Waals surface area contributed by atoms with E-state index in [0.717, 1.165) is 17.0 Å². The van der Waals surface area contributed by atoms with Crippen LogP contribution >= 0.6 is 0 Å². The van der Waals surface area contributed by atoms with E-state index in [9.17, 15) is 27.6 Å². The standard InChI is InChI=1S/C21H21F3N4O3/c1-20(18(30)27-25)11-4-12-28(19(20)31)17(29)15-5-2-3-6-16(15)26-14-9-7-13(8-10-14)21(22,23)24/h2-3,5-10,26H,4,11-12,25H2,1H3,(H,27,30). The van der Waals surface area contributed by atoms with E-state index in [4.69, 9.17) is 5.84 Å². The fraction of sp³-hybridized carbons (Fsp3) is 0.286. The maximum atomic E-state index is 13.2. The van der Waals surface area contributed by atoms with Crippen molar-refractivity contribution in [3.05, 3.63) is 59.7 Å². The lowest BCUT2D eigenvalue weighted by molar-refractivity contribution is -0.151. The first-order chi connectivity index (χ1) is 14.6. The van der Waals surface area contributed by atoms with Crippen molar-refractivity contribution in [3.8, 4) is 0 Å². The van der Waals surface area contributed by atoms with Crippen LogP contribution in [-0.4, -0.2) is 29.2 Å². The van der Waals surface area contributed by atoms with Crippen molar-refractivity contribution in [2.45, 2.75) is 25.9 Å². The second kappa shape index (κ2) is 8.38. The highest BCUT2D eigenvalue weighted by Gasteiger charge is 2.47. The molecule has 0 saturated carbocycles. The van der Waals surface area contributed by atoms with Gasteiger partial charge in [0.1, 0.15) is 5.41 Å². The molecule has 0 radical (unpaired) electrons. The van der Waals surface area contributed by atoms with Gasteiger partial charge in [0.2, 0.25) is 11.8 Å². The Morgan fingerprint density at radius 1 is 1.10 bits per heavy atom. The zero-order chi connectivity index (χ0) is 22.8. The van der Waals surface area contributed by atoms with E-state index in [1.807, 2.05) is 5.43 Å². The molecule has 0 aromatic heterocycles. The zero-order valence-corrected chi connectivity index (χ0v) is 16.6. The number of halogens is 3. The molecule has 0 aliphatic carbocycles. The molecule has 4 N–H and O–H groups in total. The first-order valence-corrected chi connectivity index (χ1v) is 9.48. The SMILES string of the molecule is CC1(C(=O)NN)CCCN(C(=O)c2ccccc2Nc2ccc(C(F)(F)F)cc2)C1=O.